The zero-order valence-electron chi connectivity index (χ0n) is 68.6. The van der Waals surface area contributed by atoms with Gasteiger partial charge in [-0.15, -0.1) is 0 Å². The maximum atomic E-state index is 2.49. The fourth-order valence-corrected chi connectivity index (χ4v) is 20.9. The van der Waals surface area contributed by atoms with Crippen LogP contribution in [0.2, 0.25) is 0 Å². The molecule has 0 fully saturated rings. The molecule has 6 aromatic heterocycles. The molecular weight excluding hydrogens is 1530 g/mol. The Hall–Kier alpha value is -16.8. The quantitative estimate of drug-likeness (QED) is 0.110. The monoisotopic (exact) mass is 1600 g/mol. The second-order valence-electron chi connectivity index (χ2n) is 33.4. The van der Waals surface area contributed by atoms with Crippen LogP contribution >= 0.6 is 0 Å². The van der Waals surface area contributed by atoms with Gasteiger partial charge in [-0.2, -0.15) is 0 Å². The largest absolute Gasteiger partial charge is 0.309 e. The molecule has 0 bridgehead atoms. The summed E-state index contributed by atoms with van der Waals surface area (Å²) in [5.74, 6) is 0. The SMILES string of the molecule is c1ccc(-c2ccc(-n3c4ccccc4c4c3ccc3c5ccccc5n(-c5ccc(-c6cccc(-c7ccc(-n8c9ccccc9c9c8ccc8c%10ccccc%10n(-c%10ccc(-c%11cccc(-c%12ccc(-c%13ccc(-n%14c%15ccccc%15c%15c%14ccc%14c%16ccccc%16n(-c%16cccc(-c%17ccccc%17)c%16)c%14%15)cc%13)cc%12)c%11)cc%10)c89)cc7)c6)cc5)c34)cc2)cc1. The molecule has 0 aliphatic rings. The molecule has 0 atom stereocenters. The zero-order valence-corrected chi connectivity index (χ0v) is 68.6. The second-order valence-corrected chi connectivity index (χ2v) is 33.4. The van der Waals surface area contributed by atoms with Crippen molar-refractivity contribution in [3.63, 3.8) is 0 Å². The van der Waals surface area contributed by atoms with Crippen LogP contribution in [0.3, 0.4) is 0 Å². The summed E-state index contributed by atoms with van der Waals surface area (Å²) in [7, 11) is 0. The number of aromatic nitrogens is 6. The van der Waals surface area contributed by atoms with Crippen molar-refractivity contribution in [3.8, 4) is 112 Å². The second kappa shape index (κ2) is 28.4. The molecule has 0 saturated heterocycles. The molecule has 586 valence electrons. The Morgan fingerprint density at radius 1 is 0.103 bits per heavy atom. The highest BCUT2D eigenvalue weighted by atomic mass is 15.0. The van der Waals surface area contributed by atoms with E-state index < -0.39 is 0 Å². The lowest BCUT2D eigenvalue weighted by Crippen LogP contribution is -1.96. The molecule has 0 spiro atoms. The minimum atomic E-state index is 1.11. The molecule has 20 aromatic carbocycles. The van der Waals surface area contributed by atoms with E-state index in [2.05, 4.69) is 488 Å². The van der Waals surface area contributed by atoms with E-state index in [1.54, 1.807) is 0 Å². The Morgan fingerprint density at radius 2 is 0.310 bits per heavy atom. The minimum Gasteiger partial charge on any atom is -0.309 e. The first-order valence-electron chi connectivity index (χ1n) is 43.4. The number of fused-ring (bicyclic) bond motifs is 21. The Balaban J connectivity index is 0.486. The lowest BCUT2D eigenvalue weighted by Gasteiger charge is -2.13. The molecule has 0 saturated carbocycles. The van der Waals surface area contributed by atoms with Crippen LogP contribution in [0.5, 0.6) is 0 Å². The fourth-order valence-electron chi connectivity index (χ4n) is 20.9. The Kier molecular flexibility index (Phi) is 16.0. The van der Waals surface area contributed by atoms with Crippen LogP contribution in [0.4, 0.5) is 0 Å². The van der Waals surface area contributed by atoms with Gasteiger partial charge in [-0.1, -0.05) is 322 Å². The molecule has 126 heavy (non-hydrogen) atoms. The van der Waals surface area contributed by atoms with Gasteiger partial charge >= 0.3 is 0 Å². The summed E-state index contributed by atoms with van der Waals surface area (Å²) >= 11 is 0. The number of hydrogen-bond donors (Lipinski definition) is 0. The van der Waals surface area contributed by atoms with E-state index >= 15 is 0 Å². The fraction of sp³-hybridized carbons (Fsp3) is 0. The predicted molar refractivity (Wildman–Crippen MR) is 531 cm³/mol. The van der Waals surface area contributed by atoms with Crippen LogP contribution < -0.4 is 0 Å². The minimum absolute atomic E-state index is 1.11. The highest BCUT2D eigenvalue weighted by Gasteiger charge is 2.27. The molecule has 0 unspecified atom stereocenters. The van der Waals surface area contributed by atoms with E-state index in [1.807, 2.05) is 0 Å². The Labute approximate surface area is 726 Å². The first kappa shape index (κ1) is 71.0. The van der Waals surface area contributed by atoms with Gasteiger partial charge in [-0.25, -0.2) is 0 Å². The Morgan fingerprint density at radius 3 is 0.619 bits per heavy atom. The summed E-state index contributed by atoms with van der Waals surface area (Å²) in [6.07, 6.45) is 0. The van der Waals surface area contributed by atoms with Gasteiger partial charge in [0.15, 0.2) is 0 Å². The normalized spacial score (nSPS) is 12.0. The molecule has 26 aromatic rings. The lowest BCUT2D eigenvalue weighted by atomic mass is 9.97. The first-order chi connectivity index (χ1) is 62.5. The van der Waals surface area contributed by atoms with Gasteiger partial charge in [-0.3, -0.25) is 0 Å². The van der Waals surface area contributed by atoms with Gasteiger partial charge in [0.25, 0.3) is 0 Å². The summed E-state index contributed by atoms with van der Waals surface area (Å²) in [5.41, 5.74) is 37.4. The smallest absolute Gasteiger partial charge is 0.0641 e. The molecular formula is C120H76N6. The molecule has 0 aliphatic heterocycles. The molecule has 0 N–H and O–H groups in total. The van der Waals surface area contributed by atoms with Gasteiger partial charge < -0.3 is 27.4 Å². The van der Waals surface area contributed by atoms with Gasteiger partial charge in [-0.05, 0) is 217 Å². The summed E-state index contributed by atoms with van der Waals surface area (Å²) in [6, 6.07) is 170. The van der Waals surface area contributed by atoms with Crippen molar-refractivity contribution < 1.29 is 0 Å². The van der Waals surface area contributed by atoms with E-state index in [4.69, 9.17) is 0 Å². The molecule has 6 nitrogen and oxygen atoms in total. The summed E-state index contributed by atoms with van der Waals surface area (Å²) in [4.78, 5) is 0. The molecule has 0 aliphatic carbocycles. The highest BCUT2D eigenvalue weighted by Crippen LogP contribution is 2.48. The van der Waals surface area contributed by atoms with Crippen molar-refractivity contribution in [2.45, 2.75) is 0 Å². The molecule has 0 radical (unpaired) electrons. The van der Waals surface area contributed by atoms with Crippen molar-refractivity contribution in [3.05, 3.63) is 461 Å². The van der Waals surface area contributed by atoms with Gasteiger partial charge in [0.1, 0.15) is 0 Å². The highest BCUT2D eigenvalue weighted by molar-refractivity contribution is 6.29. The van der Waals surface area contributed by atoms with Crippen molar-refractivity contribution in [2.24, 2.45) is 0 Å². The van der Waals surface area contributed by atoms with E-state index in [9.17, 15) is 0 Å². The maximum absolute atomic E-state index is 2.49. The van der Waals surface area contributed by atoms with Crippen molar-refractivity contribution >= 4 is 131 Å². The van der Waals surface area contributed by atoms with Crippen LogP contribution in [0.15, 0.2) is 461 Å². The molecule has 0 amide bonds. The summed E-state index contributed by atoms with van der Waals surface area (Å²) < 4.78 is 14.8. The van der Waals surface area contributed by atoms with Gasteiger partial charge in [0.2, 0.25) is 0 Å². The third kappa shape index (κ3) is 11.1. The predicted octanol–water partition coefficient (Wildman–Crippen LogP) is 31.9. The first-order valence-corrected chi connectivity index (χ1v) is 43.4. The van der Waals surface area contributed by atoms with Crippen LogP contribution in [0, 0.1) is 0 Å². The third-order valence-electron chi connectivity index (χ3n) is 26.6. The van der Waals surface area contributed by atoms with Crippen LogP contribution in [0.25, 0.3) is 243 Å². The number of hydrogen-bond acceptors (Lipinski definition) is 0. The van der Waals surface area contributed by atoms with Crippen molar-refractivity contribution in [2.75, 3.05) is 0 Å². The topological polar surface area (TPSA) is 29.6 Å². The molecule has 26 rings (SSSR count). The Bertz CT molecular complexity index is 8880. The summed E-state index contributed by atoms with van der Waals surface area (Å²) in [5, 5.41) is 14.8. The average molecular weight is 1600 g/mol. The maximum Gasteiger partial charge on any atom is 0.0641 e. The van der Waals surface area contributed by atoms with Crippen LogP contribution in [-0.4, -0.2) is 27.4 Å². The van der Waals surface area contributed by atoms with E-state index in [1.165, 1.54) is 175 Å². The van der Waals surface area contributed by atoms with Gasteiger partial charge in [0.05, 0.1) is 66.2 Å². The summed E-state index contributed by atoms with van der Waals surface area (Å²) in [6.45, 7) is 0. The van der Waals surface area contributed by atoms with E-state index in [-0.39, 0.29) is 0 Å². The van der Waals surface area contributed by atoms with Crippen molar-refractivity contribution in [1.29, 1.82) is 0 Å². The zero-order chi connectivity index (χ0) is 82.6. The lowest BCUT2D eigenvalue weighted by molar-refractivity contribution is 1.17. The van der Waals surface area contributed by atoms with Crippen LogP contribution in [0.1, 0.15) is 0 Å². The van der Waals surface area contributed by atoms with Gasteiger partial charge in [0, 0.05) is 98.8 Å². The van der Waals surface area contributed by atoms with Crippen molar-refractivity contribution in [1.82, 2.24) is 27.4 Å². The standard InChI is InChI=1S/C120H76N6/c1-3-22-77(23-4-1)80-48-58-91(59-49-80)121-109-41-16-10-35-103(109)115-112(121)71-68-100-97-32-7-13-38-106(97)124(118(100)115)95-66-56-85(57-67-95)89-29-20-28-88(75-89)83-52-62-93(63-53-83)123-110-42-17-11-36-104(110)116-113(123)72-69-101-98-33-8-14-39-107(98)125(119(101)116)94-64-54-84(55-65-94)87-27-19-26-86(74-87)82-46-44-79(45-47-82)81-50-60-92(61-51-81)122-111-43-18-12-37-105(111)117-114(122)73-70-102-99-34-9-15-40-108(99)126(120(102)117)96-31-21-30-90(76-96)78-24-5-2-6-25-78/h1-76H. The number of rotatable bonds is 13. The average Bonchev–Trinajstić information content (AvgIpc) is 1.55. The number of para-hydroxylation sites is 6. The van der Waals surface area contributed by atoms with E-state index in [0.29, 0.717) is 0 Å². The van der Waals surface area contributed by atoms with Crippen LogP contribution in [-0.2, 0) is 0 Å². The molecule has 6 heteroatoms. The molecule has 6 heterocycles. The third-order valence-corrected chi connectivity index (χ3v) is 26.6. The number of benzene rings is 20. The van der Waals surface area contributed by atoms with E-state index in [0.717, 1.165) is 67.4 Å². The number of nitrogens with zero attached hydrogens (tertiary/aromatic N) is 6.